The Bertz CT molecular complexity index is 279. The summed E-state index contributed by atoms with van der Waals surface area (Å²) in [4.78, 5) is 14.0. The van der Waals surface area contributed by atoms with Crippen LogP contribution in [0, 0.1) is 0 Å². The van der Waals surface area contributed by atoms with Crippen LogP contribution in [-0.4, -0.2) is 27.6 Å². The Morgan fingerprint density at radius 3 is 1.85 bits per heavy atom. The maximum atomic E-state index is 10.4. The van der Waals surface area contributed by atoms with Gasteiger partial charge >= 0.3 is 0 Å². The van der Waals surface area contributed by atoms with E-state index in [4.69, 9.17) is 0 Å². The number of rotatable bonds is 3. The summed E-state index contributed by atoms with van der Waals surface area (Å²) in [7, 11) is 5.70. The van der Waals surface area contributed by atoms with Crippen molar-refractivity contribution in [2.45, 2.75) is 0 Å². The zero-order chi connectivity index (χ0) is 9.84. The first-order chi connectivity index (χ1) is 6.15. The van der Waals surface area contributed by atoms with E-state index in [1.165, 1.54) is 0 Å². The van der Waals surface area contributed by atoms with E-state index in [1.54, 1.807) is 11.9 Å². The van der Waals surface area contributed by atoms with Crippen molar-refractivity contribution in [3.63, 3.8) is 0 Å². The van der Waals surface area contributed by atoms with E-state index in [0.717, 1.165) is 17.8 Å². The fourth-order valence-corrected chi connectivity index (χ4v) is 1.05. The van der Waals surface area contributed by atoms with Gasteiger partial charge in [0.25, 0.3) is 0 Å². The molecule has 0 radical (unpaired) electrons. The van der Waals surface area contributed by atoms with Gasteiger partial charge in [0.15, 0.2) is 0 Å². The molecular weight excluding hydrogens is 164 g/mol. The summed E-state index contributed by atoms with van der Waals surface area (Å²) in [5.41, 5.74) is 2.03. The van der Waals surface area contributed by atoms with Crippen LogP contribution in [0.3, 0.4) is 0 Å². The Labute approximate surface area is 78.6 Å². The number of nitrogens with zero attached hydrogens (tertiary/aromatic N) is 2. The molecule has 0 heterocycles. The quantitative estimate of drug-likeness (QED) is 0.652. The first-order valence-corrected chi connectivity index (χ1v) is 4.10. The molecule has 0 spiro atoms. The van der Waals surface area contributed by atoms with Gasteiger partial charge < -0.3 is 9.80 Å². The predicted octanol–water partition coefficient (Wildman–Crippen LogP) is 1.35. The van der Waals surface area contributed by atoms with Gasteiger partial charge in [-0.3, -0.25) is 4.79 Å². The van der Waals surface area contributed by atoms with Crippen molar-refractivity contribution < 1.29 is 4.79 Å². The van der Waals surface area contributed by atoms with Crippen molar-refractivity contribution >= 4 is 17.8 Å². The second kappa shape index (κ2) is 3.94. The van der Waals surface area contributed by atoms with E-state index in [2.05, 4.69) is 0 Å². The number of carbonyl (C=O) groups is 1. The van der Waals surface area contributed by atoms with E-state index in [1.807, 2.05) is 43.3 Å². The van der Waals surface area contributed by atoms with E-state index in [9.17, 15) is 4.79 Å². The minimum atomic E-state index is 0.796. The average molecular weight is 178 g/mol. The fraction of sp³-hybridized carbons (Fsp3) is 0.300. The molecule has 1 rings (SSSR count). The largest absolute Gasteiger partial charge is 0.378 e. The lowest BCUT2D eigenvalue weighted by Crippen LogP contribution is -2.14. The molecular formula is C10H14N2O. The molecule has 0 saturated heterocycles. The molecule has 0 aromatic heterocycles. The minimum absolute atomic E-state index is 0.796. The maximum Gasteiger partial charge on any atom is 0.213 e. The van der Waals surface area contributed by atoms with Crippen LogP contribution in [0.4, 0.5) is 11.4 Å². The highest BCUT2D eigenvalue weighted by atomic mass is 16.1. The molecule has 0 saturated carbocycles. The van der Waals surface area contributed by atoms with Crippen LogP contribution in [0.2, 0.25) is 0 Å². The first kappa shape index (κ1) is 9.58. The highest BCUT2D eigenvalue weighted by Crippen LogP contribution is 2.17. The van der Waals surface area contributed by atoms with Crippen LogP contribution in [0.25, 0.3) is 0 Å². The third-order valence-corrected chi connectivity index (χ3v) is 1.93. The summed E-state index contributed by atoms with van der Waals surface area (Å²) < 4.78 is 0. The van der Waals surface area contributed by atoms with Crippen LogP contribution in [0.5, 0.6) is 0 Å². The number of anilines is 2. The van der Waals surface area contributed by atoms with Crippen LogP contribution < -0.4 is 9.80 Å². The minimum Gasteiger partial charge on any atom is -0.378 e. The molecule has 1 amide bonds. The lowest BCUT2D eigenvalue weighted by atomic mass is 10.2. The highest BCUT2D eigenvalue weighted by Gasteiger charge is 1.98. The van der Waals surface area contributed by atoms with Crippen LogP contribution in [-0.2, 0) is 4.79 Å². The van der Waals surface area contributed by atoms with Gasteiger partial charge in [-0.25, -0.2) is 0 Å². The summed E-state index contributed by atoms with van der Waals surface area (Å²) >= 11 is 0. The molecule has 0 fully saturated rings. The van der Waals surface area contributed by atoms with E-state index in [-0.39, 0.29) is 0 Å². The SMILES string of the molecule is CN(C)c1ccc(N(C)C=O)cc1. The Kier molecular flexibility index (Phi) is 2.90. The van der Waals surface area contributed by atoms with Crippen LogP contribution in [0.15, 0.2) is 24.3 Å². The Morgan fingerprint density at radius 2 is 1.46 bits per heavy atom. The van der Waals surface area contributed by atoms with Crippen molar-refractivity contribution in [2.24, 2.45) is 0 Å². The first-order valence-electron chi connectivity index (χ1n) is 4.10. The summed E-state index contributed by atoms with van der Waals surface area (Å²) in [5.74, 6) is 0. The summed E-state index contributed by atoms with van der Waals surface area (Å²) in [6.45, 7) is 0. The van der Waals surface area contributed by atoms with Gasteiger partial charge in [0.1, 0.15) is 0 Å². The molecule has 0 N–H and O–H groups in total. The van der Waals surface area contributed by atoms with Gasteiger partial charge in [0, 0.05) is 32.5 Å². The van der Waals surface area contributed by atoms with Gasteiger partial charge in [-0.2, -0.15) is 0 Å². The van der Waals surface area contributed by atoms with Crippen molar-refractivity contribution in [2.75, 3.05) is 30.9 Å². The Hall–Kier alpha value is -1.51. The molecule has 0 aliphatic rings. The monoisotopic (exact) mass is 178 g/mol. The standard InChI is InChI=1S/C10H14N2O/c1-11(2)9-4-6-10(7-5-9)12(3)8-13/h4-8H,1-3H3. The van der Waals surface area contributed by atoms with Crippen molar-refractivity contribution in [3.8, 4) is 0 Å². The average Bonchev–Trinajstić information content (AvgIpc) is 2.17. The van der Waals surface area contributed by atoms with E-state index in [0.29, 0.717) is 0 Å². The van der Waals surface area contributed by atoms with Crippen LogP contribution in [0.1, 0.15) is 0 Å². The number of carbonyl (C=O) groups excluding carboxylic acids is 1. The molecule has 1 aromatic carbocycles. The smallest absolute Gasteiger partial charge is 0.213 e. The molecule has 0 aliphatic carbocycles. The topological polar surface area (TPSA) is 23.6 Å². The third-order valence-electron chi connectivity index (χ3n) is 1.93. The molecule has 70 valence electrons. The second-order valence-electron chi connectivity index (χ2n) is 3.13. The van der Waals surface area contributed by atoms with Gasteiger partial charge in [-0.1, -0.05) is 0 Å². The molecule has 1 aromatic rings. The number of benzene rings is 1. The zero-order valence-corrected chi connectivity index (χ0v) is 8.19. The molecule has 3 nitrogen and oxygen atoms in total. The van der Waals surface area contributed by atoms with E-state index >= 15 is 0 Å². The van der Waals surface area contributed by atoms with Gasteiger partial charge in [-0.05, 0) is 24.3 Å². The Morgan fingerprint density at radius 1 is 1.00 bits per heavy atom. The van der Waals surface area contributed by atoms with E-state index < -0.39 is 0 Å². The molecule has 3 heteroatoms. The lowest BCUT2D eigenvalue weighted by Gasteiger charge is -2.15. The molecule has 0 bridgehead atoms. The van der Waals surface area contributed by atoms with Gasteiger partial charge in [0.05, 0.1) is 0 Å². The van der Waals surface area contributed by atoms with Gasteiger partial charge in [0.2, 0.25) is 6.41 Å². The summed E-state index contributed by atoms with van der Waals surface area (Å²) in [5, 5.41) is 0. The number of amides is 1. The fourth-order valence-electron chi connectivity index (χ4n) is 1.05. The number of hydrogen-bond donors (Lipinski definition) is 0. The Balaban J connectivity index is 2.87. The molecule has 13 heavy (non-hydrogen) atoms. The molecule has 0 aliphatic heterocycles. The van der Waals surface area contributed by atoms with Gasteiger partial charge in [-0.15, -0.1) is 0 Å². The summed E-state index contributed by atoms with van der Waals surface area (Å²) in [6.07, 6.45) is 0.796. The summed E-state index contributed by atoms with van der Waals surface area (Å²) in [6, 6.07) is 7.80. The molecule has 0 unspecified atom stereocenters. The number of hydrogen-bond acceptors (Lipinski definition) is 2. The van der Waals surface area contributed by atoms with Crippen molar-refractivity contribution in [1.82, 2.24) is 0 Å². The lowest BCUT2D eigenvalue weighted by molar-refractivity contribution is -0.107. The third kappa shape index (κ3) is 2.21. The highest BCUT2D eigenvalue weighted by molar-refractivity contribution is 5.74. The second-order valence-corrected chi connectivity index (χ2v) is 3.13. The van der Waals surface area contributed by atoms with Crippen LogP contribution >= 0.6 is 0 Å². The zero-order valence-electron chi connectivity index (χ0n) is 8.19. The predicted molar refractivity (Wildman–Crippen MR) is 55.2 cm³/mol. The van der Waals surface area contributed by atoms with Crippen molar-refractivity contribution in [3.05, 3.63) is 24.3 Å². The maximum absolute atomic E-state index is 10.4. The molecule has 0 atom stereocenters. The normalized spacial score (nSPS) is 9.46. The van der Waals surface area contributed by atoms with Crippen molar-refractivity contribution in [1.29, 1.82) is 0 Å².